The van der Waals surface area contributed by atoms with Gasteiger partial charge in [0.15, 0.2) is 0 Å². The second-order valence-corrected chi connectivity index (χ2v) is 7.26. The molecule has 1 saturated heterocycles. The van der Waals surface area contributed by atoms with E-state index in [1.165, 1.54) is 44.1 Å². The second kappa shape index (κ2) is 6.49. The molecule has 4 heteroatoms. The van der Waals surface area contributed by atoms with E-state index >= 15 is 0 Å². The number of nitrogens with one attached hydrogen (secondary N) is 1. The molecular weight excluding hydrogens is 262 g/mol. The summed E-state index contributed by atoms with van der Waals surface area (Å²) < 4.78 is 8.42. The van der Waals surface area contributed by atoms with E-state index in [9.17, 15) is 0 Å². The van der Waals surface area contributed by atoms with Crippen molar-refractivity contribution in [3.05, 3.63) is 18.0 Å². The fourth-order valence-electron chi connectivity index (χ4n) is 3.72. The predicted molar refractivity (Wildman–Crippen MR) is 84.1 cm³/mol. The van der Waals surface area contributed by atoms with Crippen molar-refractivity contribution >= 4 is 0 Å². The molecule has 1 spiro atoms. The highest BCUT2D eigenvalue weighted by atomic mass is 16.5. The molecule has 118 valence electrons. The molecule has 3 rings (SSSR count). The third-order valence-corrected chi connectivity index (χ3v) is 4.81. The maximum atomic E-state index is 6.36. The first-order valence-electron chi connectivity index (χ1n) is 8.55. The minimum Gasteiger partial charge on any atom is -0.370 e. The SMILES string of the molecule is CC(C)CNCc1cnn(CC2CCC3(CCCC3)O2)c1. The lowest BCUT2D eigenvalue weighted by Gasteiger charge is -2.23. The number of ether oxygens (including phenoxy) is 1. The molecule has 1 aromatic heterocycles. The van der Waals surface area contributed by atoms with Crippen LogP contribution in [0.2, 0.25) is 0 Å². The van der Waals surface area contributed by atoms with Crippen LogP contribution in [-0.4, -0.2) is 28.0 Å². The van der Waals surface area contributed by atoms with Crippen molar-refractivity contribution in [1.82, 2.24) is 15.1 Å². The molecule has 0 radical (unpaired) electrons. The van der Waals surface area contributed by atoms with Crippen LogP contribution in [0.5, 0.6) is 0 Å². The highest BCUT2D eigenvalue weighted by molar-refractivity contribution is 5.03. The van der Waals surface area contributed by atoms with Gasteiger partial charge in [-0.25, -0.2) is 0 Å². The normalized spacial score (nSPS) is 24.4. The van der Waals surface area contributed by atoms with Gasteiger partial charge < -0.3 is 10.1 Å². The summed E-state index contributed by atoms with van der Waals surface area (Å²) in [5.74, 6) is 0.689. The van der Waals surface area contributed by atoms with Gasteiger partial charge >= 0.3 is 0 Å². The summed E-state index contributed by atoms with van der Waals surface area (Å²) in [5, 5.41) is 7.95. The Hall–Kier alpha value is -0.870. The number of hydrogen-bond donors (Lipinski definition) is 1. The highest BCUT2D eigenvalue weighted by Crippen LogP contribution is 2.43. The Balaban J connectivity index is 1.46. The van der Waals surface area contributed by atoms with Gasteiger partial charge in [0, 0.05) is 18.3 Å². The molecule has 4 nitrogen and oxygen atoms in total. The quantitative estimate of drug-likeness (QED) is 0.875. The van der Waals surface area contributed by atoms with Crippen LogP contribution in [0.4, 0.5) is 0 Å². The van der Waals surface area contributed by atoms with Crippen molar-refractivity contribution in [2.24, 2.45) is 5.92 Å². The van der Waals surface area contributed by atoms with Gasteiger partial charge in [0.25, 0.3) is 0 Å². The monoisotopic (exact) mass is 291 g/mol. The zero-order valence-corrected chi connectivity index (χ0v) is 13.5. The average molecular weight is 291 g/mol. The number of hydrogen-bond acceptors (Lipinski definition) is 3. The van der Waals surface area contributed by atoms with Crippen LogP contribution >= 0.6 is 0 Å². The molecule has 2 heterocycles. The maximum absolute atomic E-state index is 6.36. The van der Waals surface area contributed by atoms with Gasteiger partial charge in [0.05, 0.1) is 24.4 Å². The minimum atomic E-state index is 0.236. The first kappa shape index (κ1) is 15.0. The lowest BCUT2D eigenvalue weighted by atomic mass is 9.98. The molecule has 1 N–H and O–H groups in total. The lowest BCUT2D eigenvalue weighted by Crippen LogP contribution is -2.26. The smallest absolute Gasteiger partial charge is 0.0779 e. The van der Waals surface area contributed by atoms with Gasteiger partial charge in [0.1, 0.15) is 0 Å². The summed E-state index contributed by atoms with van der Waals surface area (Å²) in [6, 6.07) is 0. The van der Waals surface area contributed by atoms with Crippen LogP contribution in [0.25, 0.3) is 0 Å². The average Bonchev–Trinajstić information content (AvgIpc) is 3.15. The zero-order valence-electron chi connectivity index (χ0n) is 13.5. The molecule has 1 aliphatic carbocycles. The van der Waals surface area contributed by atoms with E-state index in [0.717, 1.165) is 19.6 Å². The van der Waals surface area contributed by atoms with E-state index < -0.39 is 0 Å². The summed E-state index contributed by atoms with van der Waals surface area (Å²) in [6.45, 7) is 7.33. The molecule has 1 atom stereocenters. The molecule has 0 amide bonds. The first-order chi connectivity index (χ1) is 10.2. The van der Waals surface area contributed by atoms with E-state index in [-0.39, 0.29) is 5.60 Å². The second-order valence-electron chi connectivity index (χ2n) is 7.26. The number of nitrogens with zero attached hydrogens (tertiary/aromatic N) is 2. The summed E-state index contributed by atoms with van der Waals surface area (Å²) >= 11 is 0. The Kier molecular flexibility index (Phi) is 4.65. The lowest BCUT2D eigenvalue weighted by molar-refractivity contribution is -0.0429. The van der Waals surface area contributed by atoms with E-state index in [4.69, 9.17) is 4.74 Å². The molecule has 0 aromatic carbocycles. The zero-order chi connectivity index (χ0) is 14.7. The highest BCUT2D eigenvalue weighted by Gasteiger charge is 2.42. The maximum Gasteiger partial charge on any atom is 0.0779 e. The molecule has 0 bridgehead atoms. The number of rotatable bonds is 6. The molecule has 1 saturated carbocycles. The Morgan fingerprint density at radius 3 is 2.95 bits per heavy atom. The topological polar surface area (TPSA) is 39.1 Å². The van der Waals surface area contributed by atoms with Crippen LogP contribution in [-0.2, 0) is 17.8 Å². The molecule has 2 fully saturated rings. The summed E-state index contributed by atoms with van der Waals surface area (Å²) in [5.41, 5.74) is 1.50. The Bertz CT molecular complexity index is 449. The van der Waals surface area contributed by atoms with Crippen molar-refractivity contribution in [3.63, 3.8) is 0 Å². The van der Waals surface area contributed by atoms with E-state index in [0.29, 0.717) is 12.0 Å². The van der Waals surface area contributed by atoms with Crippen LogP contribution in [0, 0.1) is 5.92 Å². The third-order valence-electron chi connectivity index (χ3n) is 4.81. The third kappa shape index (κ3) is 3.86. The van der Waals surface area contributed by atoms with E-state index in [2.05, 4.69) is 35.1 Å². The minimum absolute atomic E-state index is 0.236. The Labute approximate surface area is 128 Å². The summed E-state index contributed by atoms with van der Waals surface area (Å²) in [6.07, 6.45) is 12.2. The Morgan fingerprint density at radius 2 is 2.19 bits per heavy atom. The number of aromatic nitrogens is 2. The summed E-state index contributed by atoms with van der Waals surface area (Å²) in [7, 11) is 0. The van der Waals surface area contributed by atoms with Crippen LogP contribution in [0.15, 0.2) is 12.4 Å². The van der Waals surface area contributed by atoms with Gasteiger partial charge in [-0.15, -0.1) is 0 Å². The van der Waals surface area contributed by atoms with Gasteiger partial charge in [-0.2, -0.15) is 5.10 Å². The van der Waals surface area contributed by atoms with E-state index in [1.54, 1.807) is 0 Å². The predicted octanol–water partition coefficient (Wildman–Crippen LogP) is 3.12. The Morgan fingerprint density at radius 1 is 1.38 bits per heavy atom. The molecule has 1 unspecified atom stereocenters. The summed E-state index contributed by atoms with van der Waals surface area (Å²) in [4.78, 5) is 0. The molecule has 21 heavy (non-hydrogen) atoms. The van der Waals surface area contributed by atoms with Crippen molar-refractivity contribution < 1.29 is 4.74 Å². The largest absolute Gasteiger partial charge is 0.370 e. The van der Waals surface area contributed by atoms with Gasteiger partial charge in [0.2, 0.25) is 0 Å². The fraction of sp³-hybridized carbons (Fsp3) is 0.824. The van der Waals surface area contributed by atoms with Gasteiger partial charge in [-0.3, -0.25) is 4.68 Å². The van der Waals surface area contributed by atoms with Gasteiger partial charge in [-0.1, -0.05) is 26.7 Å². The van der Waals surface area contributed by atoms with Crippen LogP contribution < -0.4 is 5.32 Å². The molecular formula is C17H29N3O. The molecule has 1 aromatic rings. The van der Waals surface area contributed by atoms with Crippen LogP contribution in [0.1, 0.15) is 57.9 Å². The van der Waals surface area contributed by atoms with Gasteiger partial charge in [-0.05, 0) is 38.1 Å². The molecule has 2 aliphatic rings. The first-order valence-corrected chi connectivity index (χ1v) is 8.55. The van der Waals surface area contributed by atoms with Crippen LogP contribution in [0.3, 0.4) is 0 Å². The van der Waals surface area contributed by atoms with E-state index in [1.807, 2.05) is 6.20 Å². The standard InChI is InChI=1S/C17H29N3O/c1-14(2)9-18-10-15-11-19-20(12-15)13-16-5-8-17(21-16)6-3-4-7-17/h11-12,14,16,18H,3-10,13H2,1-2H3. The van der Waals surface area contributed by atoms with Crippen molar-refractivity contribution in [2.75, 3.05) is 6.54 Å². The fourth-order valence-corrected chi connectivity index (χ4v) is 3.72. The van der Waals surface area contributed by atoms with Crippen molar-refractivity contribution in [2.45, 2.75) is 77.2 Å². The van der Waals surface area contributed by atoms with Crippen molar-refractivity contribution in [1.29, 1.82) is 0 Å². The van der Waals surface area contributed by atoms with Crippen molar-refractivity contribution in [3.8, 4) is 0 Å². The molecule has 1 aliphatic heterocycles.